The van der Waals surface area contributed by atoms with E-state index in [0.29, 0.717) is 6.54 Å². The zero-order valence-corrected chi connectivity index (χ0v) is 13.4. The second-order valence-corrected chi connectivity index (χ2v) is 4.98. The van der Waals surface area contributed by atoms with Crippen LogP contribution in [0.5, 0.6) is 0 Å². The molecule has 2 N–H and O–H groups in total. The number of aromatic amines is 1. The molecule has 1 aliphatic heterocycles. The van der Waals surface area contributed by atoms with E-state index in [1.165, 1.54) is 0 Å². The van der Waals surface area contributed by atoms with Crippen LogP contribution in [-0.2, 0) is 0 Å². The number of hydrogen-bond acceptors (Lipinski definition) is 6. The van der Waals surface area contributed by atoms with Gasteiger partial charge in [-0.1, -0.05) is 13.8 Å². The van der Waals surface area contributed by atoms with Gasteiger partial charge in [-0.2, -0.15) is 5.10 Å². The molecule has 7 heteroatoms. The van der Waals surface area contributed by atoms with E-state index >= 15 is 0 Å². The molecule has 1 fully saturated rings. The summed E-state index contributed by atoms with van der Waals surface area (Å²) in [6, 6.07) is 1.93. The number of hydrogen-bond donors (Lipinski definition) is 2. The van der Waals surface area contributed by atoms with Crippen LogP contribution < -0.4 is 9.80 Å². The Morgan fingerprint density at radius 3 is 2.64 bits per heavy atom. The number of aryl methyl sites for hydroxylation is 1. The van der Waals surface area contributed by atoms with Crippen molar-refractivity contribution in [3.63, 3.8) is 0 Å². The summed E-state index contributed by atoms with van der Waals surface area (Å²) in [5, 5.41) is 16.5. The van der Waals surface area contributed by atoms with Gasteiger partial charge in [0.05, 0.1) is 18.8 Å². The van der Waals surface area contributed by atoms with Crippen molar-refractivity contribution < 1.29 is 6.53 Å². The summed E-state index contributed by atoms with van der Waals surface area (Å²) in [5.74, 6) is 1.66. The number of nitrogens with zero attached hydrogens (tertiary/aromatic N) is 5. The van der Waals surface area contributed by atoms with Crippen molar-refractivity contribution in [1.82, 2.24) is 20.2 Å². The fourth-order valence-corrected chi connectivity index (χ4v) is 2.47. The molecule has 0 radical (unpaired) electrons. The maximum absolute atomic E-state index is 9.63. The fraction of sp³-hybridized carbons (Fsp3) is 0.533. The van der Waals surface area contributed by atoms with E-state index in [0.717, 1.165) is 30.4 Å². The second-order valence-electron chi connectivity index (χ2n) is 4.98. The topological polar surface area (TPSA) is 81.2 Å². The van der Waals surface area contributed by atoms with Crippen molar-refractivity contribution in [1.29, 1.82) is 0 Å². The maximum Gasteiger partial charge on any atom is 0.225 e. The average Bonchev–Trinajstić information content (AvgIpc) is 3.11. The fourth-order valence-electron chi connectivity index (χ4n) is 2.47. The van der Waals surface area contributed by atoms with Crippen LogP contribution in [0.3, 0.4) is 0 Å². The third-order valence-electron chi connectivity index (χ3n) is 3.54. The molecule has 7 nitrogen and oxygen atoms in total. The highest BCUT2D eigenvalue weighted by Crippen LogP contribution is 2.20. The van der Waals surface area contributed by atoms with E-state index in [1.807, 2.05) is 39.2 Å². The van der Waals surface area contributed by atoms with Crippen molar-refractivity contribution in [2.45, 2.75) is 26.8 Å². The summed E-state index contributed by atoms with van der Waals surface area (Å²) >= 11 is 0. The molecule has 1 aliphatic rings. The monoisotopic (exact) mass is 306 g/mol. The van der Waals surface area contributed by atoms with Crippen molar-refractivity contribution in [3.8, 4) is 0 Å². The van der Waals surface area contributed by atoms with Gasteiger partial charge in [0.25, 0.3) is 0 Å². The van der Waals surface area contributed by atoms with E-state index in [-0.39, 0.29) is 14.1 Å². The van der Waals surface area contributed by atoms with Crippen LogP contribution in [0, 0.1) is 6.92 Å². The Labute approximate surface area is 132 Å². The molecule has 3 heterocycles. The predicted molar refractivity (Wildman–Crippen MR) is 89.3 cm³/mol. The van der Waals surface area contributed by atoms with Crippen LogP contribution >= 0.6 is 0 Å². The van der Waals surface area contributed by atoms with E-state index in [2.05, 4.69) is 30.0 Å². The number of rotatable bonds is 3. The van der Waals surface area contributed by atoms with Gasteiger partial charge in [-0.3, -0.25) is 5.10 Å². The van der Waals surface area contributed by atoms with Gasteiger partial charge in [0.2, 0.25) is 5.95 Å². The molecule has 22 heavy (non-hydrogen) atoms. The Bertz CT molecular complexity index is 548. The second kappa shape index (κ2) is 7.74. The number of aliphatic hydroxyl groups excluding tert-OH is 1. The summed E-state index contributed by atoms with van der Waals surface area (Å²) in [6.07, 6.45) is 5.36. The number of H-pyrrole nitrogens is 1. The first kappa shape index (κ1) is 16.2. The van der Waals surface area contributed by atoms with Crippen molar-refractivity contribution in [2.24, 2.45) is 0 Å². The Balaban J connectivity index is 0.000000849. The standard InChI is InChI=1S/C13H18N6O.C2H6.H2/c1-10-6-14-13(15-7-10)18-4-5-19(11(8-18)9-20)12-2-3-16-17-12;1-2;/h2-3,6-7,11,20H,4-5,8-9H2,1H3,(H,16,17);1-2H3;1H/t11-;;/m1../s1. The van der Waals surface area contributed by atoms with Crippen LogP contribution in [0.4, 0.5) is 11.8 Å². The van der Waals surface area contributed by atoms with Gasteiger partial charge in [-0.15, -0.1) is 0 Å². The molecule has 2 aromatic heterocycles. The lowest BCUT2D eigenvalue weighted by Crippen LogP contribution is -2.55. The summed E-state index contributed by atoms with van der Waals surface area (Å²) < 4.78 is 0. The van der Waals surface area contributed by atoms with E-state index in [4.69, 9.17) is 0 Å². The largest absolute Gasteiger partial charge is 0.394 e. The molecule has 0 spiro atoms. The number of aromatic nitrogens is 4. The predicted octanol–water partition coefficient (Wildman–Crippen LogP) is 1.47. The third kappa shape index (κ3) is 3.54. The van der Waals surface area contributed by atoms with Gasteiger partial charge in [0, 0.05) is 39.5 Å². The minimum Gasteiger partial charge on any atom is -0.394 e. The number of piperazine rings is 1. The van der Waals surface area contributed by atoms with Crippen molar-refractivity contribution in [2.75, 3.05) is 36.0 Å². The van der Waals surface area contributed by atoms with Gasteiger partial charge in [-0.25, -0.2) is 9.97 Å². The zero-order chi connectivity index (χ0) is 15.9. The highest BCUT2D eigenvalue weighted by Gasteiger charge is 2.28. The molecule has 2 aromatic rings. The molecule has 0 aliphatic carbocycles. The number of nitrogens with one attached hydrogen (secondary N) is 1. The lowest BCUT2D eigenvalue weighted by molar-refractivity contribution is 0.252. The average molecular weight is 306 g/mol. The molecule has 0 aromatic carbocycles. The Kier molecular flexibility index (Phi) is 5.71. The molecule has 1 saturated heterocycles. The molecule has 0 amide bonds. The van der Waals surface area contributed by atoms with Crippen LogP contribution in [0.25, 0.3) is 0 Å². The molecule has 3 rings (SSSR count). The smallest absolute Gasteiger partial charge is 0.225 e. The summed E-state index contributed by atoms with van der Waals surface area (Å²) in [4.78, 5) is 12.9. The first-order chi connectivity index (χ1) is 10.8. The first-order valence-corrected chi connectivity index (χ1v) is 7.68. The molecule has 0 bridgehead atoms. The van der Waals surface area contributed by atoms with Gasteiger partial charge < -0.3 is 14.9 Å². The number of anilines is 2. The summed E-state index contributed by atoms with van der Waals surface area (Å²) in [5.41, 5.74) is 1.04. The first-order valence-electron chi connectivity index (χ1n) is 7.68. The highest BCUT2D eigenvalue weighted by molar-refractivity contribution is 5.43. The lowest BCUT2D eigenvalue weighted by atomic mass is 10.2. The highest BCUT2D eigenvalue weighted by atomic mass is 16.3. The van der Waals surface area contributed by atoms with Crippen molar-refractivity contribution >= 4 is 11.8 Å². The molecular formula is C15H26N6O. The van der Waals surface area contributed by atoms with E-state index in [9.17, 15) is 5.11 Å². The molecule has 0 saturated carbocycles. The summed E-state index contributed by atoms with van der Waals surface area (Å²) in [6.45, 7) is 8.36. The van der Waals surface area contributed by atoms with E-state index < -0.39 is 0 Å². The van der Waals surface area contributed by atoms with Gasteiger partial charge >= 0.3 is 0 Å². The molecular weight excluding hydrogens is 280 g/mol. The molecule has 122 valence electrons. The minimum atomic E-state index is 0. The third-order valence-corrected chi connectivity index (χ3v) is 3.54. The van der Waals surface area contributed by atoms with Crippen LogP contribution in [0.1, 0.15) is 20.8 Å². The zero-order valence-electron chi connectivity index (χ0n) is 13.4. The van der Waals surface area contributed by atoms with Crippen LogP contribution in [0.15, 0.2) is 24.7 Å². The van der Waals surface area contributed by atoms with Gasteiger partial charge in [-0.05, 0) is 12.5 Å². The lowest BCUT2D eigenvalue weighted by Gasteiger charge is -2.41. The quantitative estimate of drug-likeness (QED) is 0.893. The number of aliphatic hydroxyl groups is 1. The van der Waals surface area contributed by atoms with Gasteiger partial charge in [0.15, 0.2) is 0 Å². The Morgan fingerprint density at radius 2 is 2.05 bits per heavy atom. The molecule has 0 unspecified atom stereocenters. The van der Waals surface area contributed by atoms with Crippen LogP contribution in [-0.4, -0.2) is 57.6 Å². The SMILES string of the molecule is CC.Cc1cnc(N2CCN(c3ccn[nH]3)[C@@H](CO)C2)nc1.[HH]. The maximum atomic E-state index is 9.63. The van der Waals surface area contributed by atoms with E-state index in [1.54, 1.807) is 6.20 Å². The Hall–Kier alpha value is -2.15. The normalized spacial score (nSPS) is 17.9. The Morgan fingerprint density at radius 1 is 1.32 bits per heavy atom. The summed E-state index contributed by atoms with van der Waals surface area (Å²) in [7, 11) is 0. The van der Waals surface area contributed by atoms with Crippen molar-refractivity contribution in [3.05, 3.63) is 30.2 Å². The van der Waals surface area contributed by atoms with Crippen LogP contribution in [0.2, 0.25) is 0 Å². The van der Waals surface area contributed by atoms with Gasteiger partial charge in [0.1, 0.15) is 5.82 Å². The minimum absolute atomic E-state index is 0. The molecule has 1 atom stereocenters.